The molecule has 146 valence electrons. The molecule has 2 amide bonds. The van der Waals surface area contributed by atoms with Gasteiger partial charge < -0.3 is 10.2 Å². The van der Waals surface area contributed by atoms with Crippen LogP contribution in [-0.4, -0.2) is 18.4 Å². The average Bonchev–Trinajstić information content (AvgIpc) is 3.15. The Morgan fingerprint density at radius 2 is 1.86 bits per heavy atom. The minimum absolute atomic E-state index is 0.00643. The highest BCUT2D eigenvalue weighted by Gasteiger charge is 2.25. The Hall–Kier alpha value is -3.47. The van der Waals surface area contributed by atoms with Crippen LogP contribution in [0.2, 0.25) is 0 Å². The number of carbonyl (C=O) groups is 2. The number of nitrogens with one attached hydrogen (secondary N) is 1. The second-order valence-corrected chi connectivity index (χ2v) is 7.20. The first-order chi connectivity index (χ1) is 14.0. The van der Waals surface area contributed by atoms with Crippen LogP contribution in [0, 0.1) is 12.7 Å². The summed E-state index contributed by atoms with van der Waals surface area (Å²) in [5.41, 5.74) is 4.65. The van der Waals surface area contributed by atoms with E-state index in [-0.39, 0.29) is 11.5 Å². The second-order valence-electron chi connectivity index (χ2n) is 7.20. The van der Waals surface area contributed by atoms with E-state index in [1.165, 1.54) is 12.1 Å². The fraction of sp³-hybridized carbons (Fsp3) is 0.167. The molecule has 0 atom stereocenters. The molecule has 0 bridgehead atoms. The number of amides is 2. The molecule has 0 fully saturated rings. The van der Waals surface area contributed by atoms with Gasteiger partial charge in [0, 0.05) is 24.3 Å². The molecule has 3 aromatic carbocycles. The van der Waals surface area contributed by atoms with E-state index in [0.29, 0.717) is 18.7 Å². The molecule has 0 saturated heterocycles. The molecule has 3 aromatic rings. The normalized spacial score (nSPS) is 12.6. The lowest BCUT2D eigenvalue weighted by atomic mass is 10.1. The van der Waals surface area contributed by atoms with Gasteiger partial charge in [0.1, 0.15) is 5.82 Å². The van der Waals surface area contributed by atoms with Gasteiger partial charge in [-0.1, -0.05) is 42.0 Å². The van der Waals surface area contributed by atoms with Crippen LogP contribution in [0.3, 0.4) is 0 Å². The molecule has 1 heterocycles. The largest absolute Gasteiger partial charge is 0.348 e. The van der Waals surface area contributed by atoms with E-state index in [9.17, 15) is 14.0 Å². The van der Waals surface area contributed by atoms with Crippen molar-refractivity contribution in [3.8, 4) is 0 Å². The van der Waals surface area contributed by atoms with E-state index in [4.69, 9.17) is 0 Å². The van der Waals surface area contributed by atoms with Gasteiger partial charge in [0.15, 0.2) is 0 Å². The second kappa shape index (κ2) is 7.87. The number of rotatable bonds is 4. The van der Waals surface area contributed by atoms with Crippen LogP contribution in [0.4, 0.5) is 10.1 Å². The summed E-state index contributed by atoms with van der Waals surface area (Å²) in [5, 5.41) is 2.75. The molecule has 1 aliphatic heterocycles. The third-order valence-corrected chi connectivity index (χ3v) is 5.12. The Kier molecular flexibility index (Phi) is 5.12. The van der Waals surface area contributed by atoms with Gasteiger partial charge in [-0.2, -0.15) is 0 Å². The Morgan fingerprint density at radius 3 is 2.66 bits per heavy atom. The fourth-order valence-electron chi connectivity index (χ4n) is 3.63. The summed E-state index contributed by atoms with van der Waals surface area (Å²) in [4.78, 5) is 26.9. The lowest BCUT2D eigenvalue weighted by molar-refractivity contribution is 0.0945. The van der Waals surface area contributed by atoms with Crippen molar-refractivity contribution in [3.63, 3.8) is 0 Å². The summed E-state index contributed by atoms with van der Waals surface area (Å²) >= 11 is 0. The Morgan fingerprint density at radius 1 is 1.03 bits per heavy atom. The van der Waals surface area contributed by atoms with E-state index in [0.717, 1.165) is 28.8 Å². The van der Waals surface area contributed by atoms with Crippen molar-refractivity contribution >= 4 is 17.5 Å². The number of carbonyl (C=O) groups excluding carboxylic acids is 2. The minimum Gasteiger partial charge on any atom is -0.348 e. The van der Waals surface area contributed by atoms with Crippen molar-refractivity contribution in [2.75, 3.05) is 11.4 Å². The number of aryl methyl sites for hydroxylation is 1. The van der Waals surface area contributed by atoms with Crippen LogP contribution in [0.1, 0.15) is 37.4 Å². The lowest BCUT2D eigenvalue weighted by Crippen LogP contribution is -2.28. The summed E-state index contributed by atoms with van der Waals surface area (Å²) in [6.45, 7) is 2.90. The SMILES string of the molecule is Cc1cccc(C(=O)N2CCc3cc(CNC(=O)c4ccccc4F)ccc32)c1. The molecule has 0 radical (unpaired) electrons. The molecule has 1 aliphatic rings. The number of anilines is 1. The van der Waals surface area contributed by atoms with Gasteiger partial charge in [0.05, 0.1) is 5.56 Å². The summed E-state index contributed by atoms with van der Waals surface area (Å²) in [6, 6.07) is 19.3. The number of nitrogens with zero attached hydrogens (tertiary/aromatic N) is 1. The molecule has 4 nitrogen and oxygen atoms in total. The highest BCUT2D eigenvalue weighted by molar-refractivity contribution is 6.07. The van der Waals surface area contributed by atoms with Crippen molar-refractivity contribution in [3.05, 3.63) is 100 Å². The monoisotopic (exact) mass is 388 g/mol. The van der Waals surface area contributed by atoms with Gasteiger partial charge in [-0.05, 0) is 54.8 Å². The molecule has 0 unspecified atom stereocenters. The lowest BCUT2D eigenvalue weighted by Gasteiger charge is -2.18. The molecule has 0 saturated carbocycles. The first kappa shape index (κ1) is 18.9. The predicted octanol–water partition coefficient (Wildman–Crippen LogP) is 4.27. The first-order valence-corrected chi connectivity index (χ1v) is 9.56. The molecule has 1 N–H and O–H groups in total. The molecule has 0 aliphatic carbocycles. The summed E-state index contributed by atoms with van der Waals surface area (Å²) in [5.74, 6) is -0.989. The van der Waals surface area contributed by atoms with Crippen LogP contribution in [0.15, 0.2) is 66.7 Å². The zero-order valence-corrected chi connectivity index (χ0v) is 16.1. The maximum atomic E-state index is 13.7. The Bertz CT molecular complexity index is 1090. The average molecular weight is 388 g/mol. The number of hydrogen-bond donors (Lipinski definition) is 1. The number of fused-ring (bicyclic) bond motifs is 1. The quantitative estimate of drug-likeness (QED) is 0.726. The van der Waals surface area contributed by atoms with Gasteiger partial charge in [0.2, 0.25) is 0 Å². The third-order valence-electron chi connectivity index (χ3n) is 5.12. The molecule has 5 heteroatoms. The topological polar surface area (TPSA) is 49.4 Å². The Balaban J connectivity index is 1.47. The van der Waals surface area contributed by atoms with E-state index in [1.807, 2.05) is 49.4 Å². The molecular formula is C24H21FN2O2. The van der Waals surface area contributed by atoms with Gasteiger partial charge in [-0.3, -0.25) is 9.59 Å². The van der Waals surface area contributed by atoms with Crippen molar-refractivity contribution in [1.29, 1.82) is 0 Å². The molecule has 4 rings (SSSR count). The van der Waals surface area contributed by atoms with Crippen molar-refractivity contribution in [2.24, 2.45) is 0 Å². The molecule has 0 spiro atoms. The van der Waals surface area contributed by atoms with Gasteiger partial charge in [-0.25, -0.2) is 4.39 Å². The van der Waals surface area contributed by atoms with E-state index >= 15 is 0 Å². The minimum atomic E-state index is -0.538. The molecular weight excluding hydrogens is 367 g/mol. The van der Waals surface area contributed by atoms with Crippen LogP contribution in [-0.2, 0) is 13.0 Å². The molecule has 29 heavy (non-hydrogen) atoms. The van der Waals surface area contributed by atoms with Gasteiger partial charge in [0.25, 0.3) is 11.8 Å². The maximum Gasteiger partial charge on any atom is 0.258 e. The van der Waals surface area contributed by atoms with E-state index < -0.39 is 11.7 Å². The summed E-state index contributed by atoms with van der Waals surface area (Å²) < 4.78 is 13.7. The zero-order chi connectivity index (χ0) is 20.4. The fourth-order valence-corrected chi connectivity index (χ4v) is 3.63. The number of benzene rings is 3. The predicted molar refractivity (Wildman–Crippen MR) is 111 cm³/mol. The van der Waals surface area contributed by atoms with Crippen molar-refractivity contribution in [1.82, 2.24) is 5.32 Å². The van der Waals surface area contributed by atoms with Crippen LogP contribution >= 0.6 is 0 Å². The maximum absolute atomic E-state index is 13.7. The summed E-state index contributed by atoms with van der Waals surface area (Å²) in [6.07, 6.45) is 0.766. The van der Waals surface area contributed by atoms with Crippen LogP contribution in [0.25, 0.3) is 0 Å². The molecule has 0 aromatic heterocycles. The van der Waals surface area contributed by atoms with Crippen molar-refractivity contribution in [2.45, 2.75) is 19.9 Å². The van der Waals surface area contributed by atoms with E-state index in [1.54, 1.807) is 17.0 Å². The van der Waals surface area contributed by atoms with Gasteiger partial charge in [-0.15, -0.1) is 0 Å². The number of halogens is 1. The highest BCUT2D eigenvalue weighted by Crippen LogP contribution is 2.30. The van der Waals surface area contributed by atoms with Crippen LogP contribution in [0.5, 0.6) is 0 Å². The van der Waals surface area contributed by atoms with E-state index in [2.05, 4.69) is 5.32 Å². The smallest absolute Gasteiger partial charge is 0.258 e. The third kappa shape index (κ3) is 3.90. The Labute approximate surface area is 169 Å². The summed E-state index contributed by atoms with van der Waals surface area (Å²) in [7, 11) is 0. The first-order valence-electron chi connectivity index (χ1n) is 9.56. The van der Waals surface area contributed by atoms with Crippen molar-refractivity contribution < 1.29 is 14.0 Å². The highest BCUT2D eigenvalue weighted by atomic mass is 19.1. The zero-order valence-electron chi connectivity index (χ0n) is 16.1. The van der Waals surface area contributed by atoms with Gasteiger partial charge >= 0.3 is 0 Å². The number of hydrogen-bond acceptors (Lipinski definition) is 2. The standard InChI is InChI=1S/C24H21FN2O2/c1-16-5-4-6-19(13-16)24(29)27-12-11-18-14-17(9-10-22(18)27)15-26-23(28)20-7-2-3-8-21(20)25/h2-10,13-14H,11-12,15H2,1H3,(H,26,28). The van der Waals surface area contributed by atoms with Crippen LogP contribution < -0.4 is 10.2 Å².